The lowest BCUT2D eigenvalue weighted by atomic mass is 9.99. The molecule has 1 saturated heterocycles. The molecule has 2 fully saturated rings. The van der Waals surface area contributed by atoms with Gasteiger partial charge in [0, 0.05) is 38.4 Å². The molecule has 2 heterocycles. The van der Waals surface area contributed by atoms with E-state index in [9.17, 15) is 19.5 Å². The third-order valence-corrected chi connectivity index (χ3v) is 8.47. The van der Waals surface area contributed by atoms with Crippen molar-refractivity contribution < 1.29 is 33.7 Å². The maximum absolute atomic E-state index is 11.9. The fourth-order valence-electron chi connectivity index (χ4n) is 6.12. The van der Waals surface area contributed by atoms with Crippen LogP contribution in [0.2, 0.25) is 0 Å². The van der Waals surface area contributed by atoms with E-state index < -0.39 is 5.97 Å². The molecule has 3 aliphatic rings. The number of aliphatic carboxylic acids is 1. The van der Waals surface area contributed by atoms with E-state index in [0.29, 0.717) is 37.0 Å². The van der Waals surface area contributed by atoms with Gasteiger partial charge in [0.05, 0.1) is 26.2 Å². The molecule has 1 aliphatic carbocycles. The van der Waals surface area contributed by atoms with Gasteiger partial charge in [-0.3, -0.25) is 24.2 Å². The van der Waals surface area contributed by atoms with Gasteiger partial charge < -0.3 is 19.3 Å². The summed E-state index contributed by atoms with van der Waals surface area (Å²) in [5.74, 6) is 1.16. The number of hydrogen-bond donors (Lipinski definition) is 1. The lowest BCUT2D eigenvalue weighted by Gasteiger charge is -2.32. The minimum absolute atomic E-state index is 0.118. The van der Waals surface area contributed by atoms with Gasteiger partial charge in [0.25, 0.3) is 0 Å². The van der Waals surface area contributed by atoms with Gasteiger partial charge in [-0.05, 0) is 67.0 Å². The molecule has 3 atom stereocenters. The molecule has 2 amide bonds. The van der Waals surface area contributed by atoms with Crippen molar-refractivity contribution in [1.82, 2.24) is 9.80 Å². The summed E-state index contributed by atoms with van der Waals surface area (Å²) in [6.45, 7) is 4.81. The summed E-state index contributed by atoms with van der Waals surface area (Å²) in [6.07, 6.45) is 3.79. The average Bonchev–Trinajstić information content (AvgIpc) is 3.69. The number of amides is 2. The number of rotatable bonds is 12. The molecule has 1 unspecified atom stereocenters. The van der Waals surface area contributed by atoms with Crippen LogP contribution in [0.25, 0.3) is 0 Å². The predicted octanol–water partition coefficient (Wildman–Crippen LogP) is 4.22. The third kappa shape index (κ3) is 6.25. The molecule has 0 bridgehead atoms. The largest absolute Gasteiger partial charge is 0.493 e. The Morgan fingerprint density at radius 2 is 1.90 bits per heavy atom. The number of benzene rings is 2. The first-order valence-electron chi connectivity index (χ1n) is 14.2. The molecule has 40 heavy (non-hydrogen) atoms. The summed E-state index contributed by atoms with van der Waals surface area (Å²) in [5, 5.41) is 9.52. The zero-order chi connectivity index (χ0) is 28.2. The number of carboxylic acid groups (broad SMARTS) is 1. The number of hydrogen-bond acceptors (Lipinski definition) is 7. The second kappa shape index (κ2) is 12.3. The van der Waals surface area contributed by atoms with Crippen molar-refractivity contribution in [1.29, 1.82) is 0 Å². The molecule has 214 valence electrons. The molecule has 2 aromatic rings. The lowest BCUT2D eigenvalue weighted by Crippen LogP contribution is -2.33. The second-order valence-corrected chi connectivity index (χ2v) is 11.1. The zero-order valence-corrected chi connectivity index (χ0v) is 23.3. The van der Waals surface area contributed by atoms with Gasteiger partial charge in [0.2, 0.25) is 11.8 Å². The van der Waals surface area contributed by atoms with Crippen molar-refractivity contribution >= 4 is 17.8 Å². The lowest BCUT2D eigenvalue weighted by molar-refractivity contribution is -0.142. The fourth-order valence-corrected chi connectivity index (χ4v) is 6.12. The smallest absolute Gasteiger partial charge is 0.306 e. The highest BCUT2D eigenvalue weighted by atomic mass is 16.5. The number of carbonyl (C=O) groups excluding carboxylic acids is 2. The van der Waals surface area contributed by atoms with Crippen LogP contribution in [0.15, 0.2) is 36.4 Å². The van der Waals surface area contributed by atoms with Crippen molar-refractivity contribution in [2.75, 3.05) is 33.4 Å². The summed E-state index contributed by atoms with van der Waals surface area (Å²) in [7, 11) is 1.59. The van der Waals surface area contributed by atoms with Crippen LogP contribution in [0.5, 0.6) is 17.2 Å². The van der Waals surface area contributed by atoms with Gasteiger partial charge in [-0.15, -0.1) is 0 Å². The number of nitrogens with zero attached hydrogens (tertiary/aromatic N) is 2. The van der Waals surface area contributed by atoms with Gasteiger partial charge in [0.15, 0.2) is 11.5 Å². The van der Waals surface area contributed by atoms with E-state index in [1.54, 1.807) is 7.11 Å². The molecule has 0 aromatic heterocycles. The van der Waals surface area contributed by atoms with Crippen molar-refractivity contribution in [2.45, 2.75) is 58.0 Å². The van der Waals surface area contributed by atoms with Crippen LogP contribution in [0, 0.1) is 11.8 Å². The van der Waals surface area contributed by atoms with Crippen LogP contribution in [-0.4, -0.2) is 66.1 Å². The number of fused-ring (bicyclic) bond motifs is 1. The minimum atomic E-state index is -0.695. The number of carbonyl (C=O) groups is 3. The first-order chi connectivity index (χ1) is 19.3. The van der Waals surface area contributed by atoms with Gasteiger partial charge in [0.1, 0.15) is 12.4 Å². The van der Waals surface area contributed by atoms with Gasteiger partial charge in [-0.2, -0.15) is 0 Å². The Morgan fingerprint density at radius 1 is 1.10 bits per heavy atom. The molecule has 0 radical (unpaired) electrons. The monoisotopic (exact) mass is 550 g/mol. The highest BCUT2D eigenvalue weighted by Crippen LogP contribution is 2.36. The number of methoxy groups -OCH3 is 1. The normalized spacial score (nSPS) is 21.0. The summed E-state index contributed by atoms with van der Waals surface area (Å²) in [6, 6.07) is 12.4. The minimum Gasteiger partial charge on any atom is -0.493 e. The van der Waals surface area contributed by atoms with Crippen LogP contribution in [0.1, 0.15) is 61.8 Å². The average molecular weight is 551 g/mol. The van der Waals surface area contributed by atoms with E-state index in [2.05, 4.69) is 30.0 Å². The second-order valence-electron chi connectivity index (χ2n) is 11.1. The Bertz CT molecular complexity index is 1250. The molecule has 2 aliphatic heterocycles. The molecule has 1 N–H and O–H groups in total. The number of imide groups is 1. The van der Waals surface area contributed by atoms with Crippen LogP contribution in [0.3, 0.4) is 0 Å². The maximum atomic E-state index is 11.9. The first-order valence-corrected chi connectivity index (χ1v) is 14.2. The summed E-state index contributed by atoms with van der Waals surface area (Å²) in [4.78, 5) is 39.0. The van der Waals surface area contributed by atoms with Crippen molar-refractivity contribution in [3.63, 3.8) is 0 Å². The first kappa shape index (κ1) is 28.0. The quantitative estimate of drug-likeness (QED) is 0.392. The summed E-state index contributed by atoms with van der Waals surface area (Å²) >= 11 is 0. The molecular weight excluding hydrogens is 512 g/mol. The molecule has 0 spiro atoms. The standard InChI is InChI=1S/C31H38N2O7/c1-20(23-6-8-26-24(17-23)11-13-39-26)32(18-21-3-5-25(15-21)31(36)37)19-22-4-7-27(28(16-22)38-2)40-14-12-33-29(34)9-10-30(33)35/h4,6-8,16-17,20-21,25H,3,5,9-15,18-19H2,1-2H3,(H,36,37)/t20?,21-,25+/m1/s1. The van der Waals surface area contributed by atoms with Crippen LogP contribution >= 0.6 is 0 Å². The van der Waals surface area contributed by atoms with Gasteiger partial charge in [-0.25, -0.2) is 0 Å². The molecule has 9 nitrogen and oxygen atoms in total. The number of ether oxygens (including phenoxy) is 3. The highest BCUT2D eigenvalue weighted by Gasteiger charge is 2.32. The Balaban J connectivity index is 1.30. The fraction of sp³-hybridized carbons (Fsp3) is 0.516. The van der Waals surface area contributed by atoms with E-state index in [0.717, 1.165) is 37.1 Å². The summed E-state index contributed by atoms with van der Waals surface area (Å²) in [5.41, 5.74) is 3.50. The van der Waals surface area contributed by atoms with E-state index in [1.807, 2.05) is 18.2 Å². The zero-order valence-electron chi connectivity index (χ0n) is 23.3. The SMILES string of the molecule is COc1cc(CN(C[C@@H]2CC[C@H](C(=O)O)C2)C(C)c2ccc3c(c2)CCO3)ccc1OCCN1C(=O)CCC1=O. The van der Waals surface area contributed by atoms with E-state index in [4.69, 9.17) is 14.2 Å². The van der Waals surface area contributed by atoms with E-state index in [-0.39, 0.29) is 49.8 Å². The van der Waals surface area contributed by atoms with Gasteiger partial charge in [-0.1, -0.05) is 18.2 Å². The molecule has 2 aromatic carbocycles. The number of carboxylic acids is 1. The van der Waals surface area contributed by atoms with Gasteiger partial charge >= 0.3 is 5.97 Å². The topological polar surface area (TPSA) is 106 Å². The van der Waals surface area contributed by atoms with Crippen molar-refractivity contribution in [2.24, 2.45) is 11.8 Å². The van der Waals surface area contributed by atoms with Crippen molar-refractivity contribution in [3.05, 3.63) is 53.1 Å². The maximum Gasteiger partial charge on any atom is 0.306 e. The van der Waals surface area contributed by atoms with E-state index in [1.165, 1.54) is 16.0 Å². The molecule has 9 heteroatoms. The predicted molar refractivity (Wildman–Crippen MR) is 147 cm³/mol. The van der Waals surface area contributed by atoms with Crippen LogP contribution < -0.4 is 14.2 Å². The molecule has 5 rings (SSSR count). The Hall–Kier alpha value is -3.59. The van der Waals surface area contributed by atoms with Crippen molar-refractivity contribution in [3.8, 4) is 17.2 Å². The Morgan fingerprint density at radius 3 is 2.62 bits per heavy atom. The molecular formula is C31H38N2O7. The van der Waals surface area contributed by atoms with Crippen LogP contribution in [-0.2, 0) is 27.3 Å². The van der Waals surface area contributed by atoms with Crippen LogP contribution in [0.4, 0.5) is 0 Å². The van der Waals surface area contributed by atoms with E-state index >= 15 is 0 Å². The number of likely N-dealkylation sites (tertiary alicyclic amines) is 1. The molecule has 1 saturated carbocycles. The Kier molecular flexibility index (Phi) is 8.59. The highest BCUT2D eigenvalue weighted by molar-refractivity contribution is 6.01. The Labute approximate surface area is 235 Å². The summed E-state index contributed by atoms with van der Waals surface area (Å²) < 4.78 is 17.2. The third-order valence-electron chi connectivity index (χ3n) is 8.47.